The van der Waals surface area contributed by atoms with Crippen LogP contribution in [-0.4, -0.2) is 6.04 Å². The minimum Gasteiger partial charge on any atom is -0.328 e. The van der Waals surface area contributed by atoms with E-state index in [9.17, 15) is 8.78 Å². The van der Waals surface area contributed by atoms with Gasteiger partial charge in [0.25, 0.3) is 5.92 Å². The van der Waals surface area contributed by atoms with Crippen LogP contribution in [0.3, 0.4) is 0 Å². The molecule has 0 aliphatic heterocycles. The highest BCUT2D eigenvalue weighted by atomic mass is 19.3. The maximum Gasteiger partial charge on any atom is 0.273 e. The lowest BCUT2D eigenvalue weighted by atomic mass is 9.76. The van der Waals surface area contributed by atoms with Gasteiger partial charge in [-0.25, -0.2) is 8.78 Å². The van der Waals surface area contributed by atoms with Crippen molar-refractivity contribution in [2.75, 3.05) is 0 Å². The third-order valence-corrected chi connectivity index (χ3v) is 3.52. The molecule has 0 spiro atoms. The van der Waals surface area contributed by atoms with Crippen molar-refractivity contribution in [2.45, 2.75) is 50.5 Å². The van der Waals surface area contributed by atoms with Crippen LogP contribution in [0.4, 0.5) is 8.78 Å². The summed E-state index contributed by atoms with van der Waals surface area (Å²) in [5.74, 6) is -2.32. The Morgan fingerprint density at radius 3 is 2.65 bits per heavy atom. The molecule has 94 valence electrons. The first-order valence-corrected chi connectivity index (χ1v) is 6.26. The normalized spacial score (nSPS) is 24.5. The van der Waals surface area contributed by atoms with Gasteiger partial charge in [0.15, 0.2) is 0 Å². The van der Waals surface area contributed by atoms with Gasteiger partial charge in [0.2, 0.25) is 0 Å². The Labute approximate surface area is 101 Å². The average molecular weight is 239 g/mol. The van der Waals surface area contributed by atoms with E-state index in [1.807, 2.05) is 6.07 Å². The second-order valence-corrected chi connectivity index (χ2v) is 5.01. The fourth-order valence-electron chi connectivity index (χ4n) is 2.41. The lowest BCUT2D eigenvalue weighted by Gasteiger charge is -2.33. The number of halogens is 2. The van der Waals surface area contributed by atoms with Gasteiger partial charge in [0.05, 0.1) is 0 Å². The van der Waals surface area contributed by atoms with Crippen molar-refractivity contribution in [3.05, 3.63) is 35.4 Å². The van der Waals surface area contributed by atoms with Gasteiger partial charge in [-0.1, -0.05) is 31.5 Å². The predicted octanol–water partition coefficient (Wildman–Crippen LogP) is 3.78. The molecule has 1 fully saturated rings. The van der Waals surface area contributed by atoms with Gasteiger partial charge in [0.1, 0.15) is 0 Å². The van der Waals surface area contributed by atoms with E-state index in [-0.39, 0.29) is 18.0 Å². The van der Waals surface area contributed by atoms with Gasteiger partial charge < -0.3 is 5.73 Å². The van der Waals surface area contributed by atoms with Crippen LogP contribution in [0.1, 0.15) is 49.7 Å². The Hall–Kier alpha value is -0.960. The van der Waals surface area contributed by atoms with Crippen molar-refractivity contribution in [3.63, 3.8) is 0 Å². The molecule has 0 heterocycles. The maximum absolute atomic E-state index is 13.8. The summed E-state index contributed by atoms with van der Waals surface area (Å²) in [6.45, 7) is 1.78. The van der Waals surface area contributed by atoms with E-state index in [1.165, 1.54) is 6.07 Å². The Morgan fingerprint density at radius 2 is 2.06 bits per heavy atom. The molecule has 1 saturated carbocycles. The first-order chi connectivity index (χ1) is 8.03. The minimum atomic E-state index is -2.70. The number of hydrogen-bond acceptors (Lipinski definition) is 1. The zero-order valence-electron chi connectivity index (χ0n) is 10.1. The highest BCUT2D eigenvalue weighted by Crippen LogP contribution is 2.39. The minimum absolute atomic E-state index is 0.0827. The molecule has 2 N–H and O–H groups in total. The molecule has 1 aliphatic carbocycles. The molecule has 1 aromatic carbocycles. The molecule has 3 heteroatoms. The fourth-order valence-corrected chi connectivity index (χ4v) is 2.41. The van der Waals surface area contributed by atoms with Crippen molar-refractivity contribution >= 4 is 0 Å². The molecule has 1 nitrogen and oxygen atoms in total. The van der Waals surface area contributed by atoms with Crippen LogP contribution in [0.15, 0.2) is 24.3 Å². The summed E-state index contributed by atoms with van der Waals surface area (Å²) in [5, 5.41) is 0. The summed E-state index contributed by atoms with van der Waals surface area (Å²) in [6, 6.07) is 7.10. The lowest BCUT2D eigenvalue weighted by Crippen LogP contribution is -2.34. The molecule has 2 rings (SSSR count). The largest absolute Gasteiger partial charge is 0.328 e. The summed E-state index contributed by atoms with van der Waals surface area (Å²) >= 11 is 0. The zero-order chi connectivity index (χ0) is 12.5. The molecule has 0 saturated heterocycles. The molecule has 0 amide bonds. The number of benzene rings is 1. The molecule has 17 heavy (non-hydrogen) atoms. The van der Waals surface area contributed by atoms with Crippen LogP contribution in [0, 0.1) is 0 Å². The molecule has 0 aromatic heterocycles. The van der Waals surface area contributed by atoms with E-state index in [4.69, 9.17) is 5.73 Å². The quantitative estimate of drug-likeness (QED) is 0.850. The van der Waals surface area contributed by atoms with Crippen molar-refractivity contribution in [1.82, 2.24) is 0 Å². The van der Waals surface area contributed by atoms with Gasteiger partial charge in [0, 0.05) is 18.0 Å². The van der Waals surface area contributed by atoms with E-state index < -0.39 is 5.92 Å². The first kappa shape index (κ1) is 12.5. The predicted molar refractivity (Wildman–Crippen MR) is 65.2 cm³/mol. The maximum atomic E-state index is 13.8. The van der Waals surface area contributed by atoms with Crippen molar-refractivity contribution in [1.29, 1.82) is 0 Å². The second-order valence-electron chi connectivity index (χ2n) is 5.01. The Bertz CT molecular complexity index is 384. The van der Waals surface area contributed by atoms with Gasteiger partial charge >= 0.3 is 0 Å². The van der Waals surface area contributed by atoms with Crippen molar-refractivity contribution in [2.24, 2.45) is 5.73 Å². The highest BCUT2D eigenvalue weighted by molar-refractivity contribution is 5.31. The smallest absolute Gasteiger partial charge is 0.273 e. The van der Waals surface area contributed by atoms with E-state index in [0.29, 0.717) is 12.3 Å². The second kappa shape index (κ2) is 4.73. The van der Waals surface area contributed by atoms with Crippen LogP contribution in [0.2, 0.25) is 0 Å². The van der Waals surface area contributed by atoms with Crippen LogP contribution in [0.25, 0.3) is 0 Å². The molecule has 1 aliphatic rings. The molecular formula is C14H19F2N. The zero-order valence-corrected chi connectivity index (χ0v) is 10.1. The summed E-state index contributed by atoms with van der Waals surface area (Å²) in [4.78, 5) is 0. The lowest BCUT2D eigenvalue weighted by molar-refractivity contribution is -0.0141. The Morgan fingerprint density at radius 1 is 1.35 bits per heavy atom. The summed E-state index contributed by atoms with van der Waals surface area (Å²) < 4.78 is 27.5. The van der Waals surface area contributed by atoms with Crippen molar-refractivity contribution < 1.29 is 8.78 Å². The number of rotatable bonds is 4. The molecule has 0 atom stereocenters. The van der Waals surface area contributed by atoms with Gasteiger partial charge in [-0.2, -0.15) is 0 Å². The molecule has 0 radical (unpaired) electrons. The monoisotopic (exact) mass is 239 g/mol. The third kappa shape index (κ3) is 2.65. The van der Waals surface area contributed by atoms with Crippen molar-refractivity contribution in [3.8, 4) is 0 Å². The summed E-state index contributed by atoms with van der Waals surface area (Å²) in [7, 11) is 0. The average Bonchev–Trinajstić information content (AvgIpc) is 2.25. The van der Waals surface area contributed by atoms with Crippen LogP contribution in [0.5, 0.6) is 0 Å². The van der Waals surface area contributed by atoms with Gasteiger partial charge in [-0.05, 0) is 30.4 Å². The standard InChI is InChI=1S/C14H19F2N/c1-2-6-14(15,16)12-5-3-4-10(7-12)11-8-13(17)9-11/h3-5,7,11,13H,2,6,8-9,17H2,1H3. The molecule has 1 aromatic rings. The van der Waals surface area contributed by atoms with E-state index in [0.717, 1.165) is 18.4 Å². The number of nitrogens with two attached hydrogens (primary N) is 1. The third-order valence-electron chi connectivity index (χ3n) is 3.52. The number of alkyl halides is 2. The van der Waals surface area contributed by atoms with E-state index >= 15 is 0 Å². The Balaban J connectivity index is 2.16. The molecular weight excluding hydrogens is 220 g/mol. The SMILES string of the molecule is CCCC(F)(F)c1cccc(C2CC(N)C2)c1. The summed E-state index contributed by atoms with van der Waals surface area (Å²) in [6.07, 6.45) is 2.25. The number of hydrogen-bond donors (Lipinski definition) is 1. The highest BCUT2D eigenvalue weighted by Gasteiger charge is 2.32. The van der Waals surface area contributed by atoms with E-state index in [1.54, 1.807) is 19.1 Å². The fraction of sp³-hybridized carbons (Fsp3) is 0.571. The van der Waals surface area contributed by atoms with Crippen LogP contribution < -0.4 is 5.73 Å². The first-order valence-electron chi connectivity index (χ1n) is 6.26. The molecule has 0 unspecified atom stereocenters. The molecule has 0 bridgehead atoms. The summed E-state index contributed by atoms with van der Waals surface area (Å²) in [5.41, 5.74) is 6.89. The Kier molecular flexibility index (Phi) is 3.48. The van der Waals surface area contributed by atoms with Gasteiger partial charge in [-0.3, -0.25) is 0 Å². The van der Waals surface area contributed by atoms with Crippen LogP contribution in [-0.2, 0) is 5.92 Å². The van der Waals surface area contributed by atoms with Gasteiger partial charge in [-0.15, -0.1) is 0 Å². The van der Waals surface area contributed by atoms with E-state index in [2.05, 4.69) is 0 Å². The van der Waals surface area contributed by atoms with Crippen LogP contribution >= 0.6 is 0 Å². The topological polar surface area (TPSA) is 26.0 Å².